The van der Waals surface area contributed by atoms with Crippen LogP contribution in [-0.2, 0) is 21.3 Å². The second-order valence-corrected chi connectivity index (χ2v) is 9.88. The van der Waals surface area contributed by atoms with Crippen LogP contribution in [0.2, 0.25) is 0 Å². The lowest BCUT2D eigenvalue weighted by Crippen LogP contribution is -2.33. The minimum atomic E-state index is -3.85. The second-order valence-electron chi connectivity index (χ2n) is 8.02. The molecule has 0 aliphatic heterocycles. The van der Waals surface area contributed by atoms with E-state index in [4.69, 9.17) is 9.47 Å². The minimum absolute atomic E-state index is 0.01000. The van der Waals surface area contributed by atoms with E-state index in [0.717, 1.165) is 30.8 Å². The summed E-state index contributed by atoms with van der Waals surface area (Å²) in [6.45, 7) is 0.998. The van der Waals surface area contributed by atoms with Gasteiger partial charge in [0.1, 0.15) is 5.75 Å². The van der Waals surface area contributed by atoms with E-state index in [-0.39, 0.29) is 23.0 Å². The molecule has 0 saturated heterocycles. The van der Waals surface area contributed by atoms with Gasteiger partial charge in [0.15, 0.2) is 0 Å². The molecule has 0 heterocycles. The second kappa shape index (κ2) is 8.78. The van der Waals surface area contributed by atoms with Gasteiger partial charge in [-0.15, -0.1) is 0 Å². The van der Waals surface area contributed by atoms with E-state index < -0.39 is 16.0 Å². The predicted octanol–water partition coefficient (Wildman–Crippen LogP) is 4.01. The van der Waals surface area contributed by atoms with Crippen molar-refractivity contribution in [1.82, 2.24) is 4.31 Å². The zero-order valence-electron chi connectivity index (χ0n) is 17.1. The molecule has 160 valence electrons. The summed E-state index contributed by atoms with van der Waals surface area (Å²) in [5.74, 6) is 0.815. The molecule has 2 fully saturated rings. The van der Waals surface area contributed by atoms with Crippen LogP contribution in [0.15, 0.2) is 53.4 Å². The lowest BCUT2D eigenvalue weighted by molar-refractivity contribution is 0.0596. The maximum atomic E-state index is 13.4. The van der Waals surface area contributed by atoms with Gasteiger partial charge in [-0.25, -0.2) is 13.2 Å². The smallest absolute Gasteiger partial charge is 0.339 e. The number of hydrogen-bond donors (Lipinski definition) is 0. The Bertz CT molecular complexity index is 995. The number of benzene rings is 2. The number of esters is 1. The van der Waals surface area contributed by atoms with Crippen LogP contribution in [0.1, 0.15) is 48.0 Å². The molecule has 6 nitrogen and oxygen atoms in total. The fraction of sp³-hybridized carbons (Fsp3) is 0.435. The van der Waals surface area contributed by atoms with Crippen LogP contribution < -0.4 is 4.74 Å². The van der Waals surface area contributed by atoms with Crippen molar-refractivity contribution in [3.05, 3.63) is 59.7 Å². The lowest BCUT2D eigenvalue weighted by Gasteiger charge is -2.25. The first-order chi connectivity index (χ1) is 14.5. The Balaban J connectivity index is 1.52. The zero-order valence-corrected chi connectivity index (χ0v) is 17.9. The normalized spacial score (nSPS) is 16.9. The number of methoxy groups -OCH3 is 1. The molecule has 2 aromatic carbocycles. The monoisotopic (exact) mass is 429 g/mol. The molecule has 2 aliphatic carbocycles. The summed E-state index contributed by atoms with van der Waals surface area (Å²) in [5, 5.41) is 0. The highest BCUT2D eigenvalue weighted by Gasteiger charge is 2.39. The third kappa shape index (κ3) is 4.52. The van der Waals surface area contributed by atoms with Crippen molar-refractivity contribution in [3.8, 4) is 5.75 Å². The number of ether oxygens (including phenoxy) is 2. The van der Waals surface area contributed by atoms with Crippen molar-refractivity contribution in [2.75, 3.05) is 13.7 Å². The highest BCUT2D eigenvalue weighted by atomic mass is 32.2. The van der Waals surface area contributed by atoms with Crippen LogP contribution in [0.4, 0.5) is 0 Å². The van der Waals surface area contributed by atoms with E-state index in [9.17, 15) is 13.2 Å². The van der Waals surface area contributed by atoms with Crippen LogP contribution in [0.25, 0.3) is 0 Å². The summed E-state index contributed by atoms with van der Waals surface area (Å²) in [6, 6.07) is 13.8. The Morgan fingerprint density at radius 3 is 2.33 bits per heavy atom. The minimum Gasteiger partial charge on any atom is -0.493 e. The number of hydrogen-bond acceptors (Lipinski definition) is 5. The van der Waals surface area contributed by atoms with Gasteiger partial charge < -0.3 is 9.47 Å². The first-order valence-corrected chi connectivity index (χ1v) is 11.8. The molecule has 0 aromatic heterocycles. The summed E-state index contributed by atoms with van der Waals surface area (Å²) in [6.07, 6.45) is 5.40. The molecule has 0 spiro atoms. The number of carbonyl (C=O) groups is 1. The Morgan fingerprint density at radius 2 is 1.73 bits per heavy atom. The third-order valence-electron chi connectivity index (χ3n) is 5.81. The summed E-state index contributed by atoms with van der Waals surface area (Å²) in [5.41, 5.74) is 0.947. The van der Waals surface area contributed by atoms with Crippen LogP contribution >= 0.6 is 0 Å². The number of nitrogens with zero attached hydrogens (tertiary/aromatic N) is 1. The topological polar surface area (TPSA) is 72.9 Å². The van der Waals surface area contributed by atoms with Crippen molar-refractivity contribution in [2.24, 2.45) is 5.92 Å². The summed E-state index contributed by atoms with van der Waals surface area (Å²) in [4.78, 5) is 12.1. The van der Waals surface area contributed by atoms with Gasteiger partial charge in [-0.3, -0.25) is 0 Å². The van der Waals surface area contributed by atoms with Gasteiger partial charge in [0.25, 0.3) is 0 Å². The molecule has 0 radical (unpaired) electrons. The van der Waals surface area contributed by atoms with Gasteiger partial charge in [0, 0.05) is 12.6 Å². The van der Waals surface area contributed by atoms with Crippen LogP contribution in [0.3, 0.4) is 0 Å². The third-order valence-corrected chi connectivity index (χ3v) is 7.76. The molecule has 2 aliphatic rings. The number of carbonyl (C=O) groups excluding carboxylic acids is 1. The lowest BCUT2D eigenvalue weighted by atomic mass is 9.86. The average molecular weight is 430 g/mol. The molecule has 0 amide bonds. The molecule has 2 aromatic rings. The molecule has 0 unspecified atom stereocenters. The SMILES string of the molecule is COC(=O)c1ccccc1S(=O)(=O)N(Cc1ccc(OCC2CCC2)cc1)C1CC1. The molecule has 2 saturated carbocycles. The van der Waals surface area contributed by atoms with Crippen molar-refractivity contribution < 1.29 is 22.7 Å². The molecule has 7 heteroatoms. The first-order valence-electron chi connectivity index (χ1n) is 10.4. The van der Waals surface area contributed by atoms with Gasteiger partial charge in [-0.05, 0) is 61.4 Å². The number of rotatable bonds is 9. The Kier molecular flexibility index (Phi) is 6.11. The fourth-order valence-electron chi connectivity index (χ4n) is 3.61. The maximum Gasteiger partial charge on any atom is 0.339 e. The van der Waals surface area contributed by atoms with Gasteiger partial charge in [-0.2, -0.15) is 4.31 Å². The van der Waals surface area contributed by atoms with Crippen LogP contribution in [0.5, 0.6) is 5.75 Å². The summed E-state index contributed by atoms with van der Waals surface area (Å²) < 4.78 is 39.0. The van der Waals surface area contributed by atoms with Crippen molar-refractivity contribution in [2.45, 2.75) is 49.6 Å². The number of sulfonamides is 1. The Labute approximate surface area is 177 Å². The zero-order chi connectivity index (χ0) is 21.1. The fourth-order valence-corrected chi connectivity index (χ4v) is 5.47. The van der Waals surface area contributed by atoms with Gasteiger partial charge in [0.2, 0.25) is 10.0 Å². The van der Waals surface area contributed by atoms with E-state index in [2.05, 4.69) is 0 Å². The van der Waals surface area contributed by atoms with Crippen molar-refractivity contribution >= 4 is 16.0 Å². The molecule has 0 N–H and O–H groups in total. The highest BCUT2D eigenvalue weighted by Crippen LogP contribution is 2.35. The standard InChI is InChI=1S/C23H27NO5S/c1-28-23(25)21-7-2-3-8-22(21)30(26,27)24(19-11-12-19)15-17-9-13-20(14-10-17)29-16-18-5-4-6-18/h2-3,7-10,13-14,18-19H,4-6,11-12,15-16H2,1H3. The quantitative estimate of drug-likeness (QED) is 0.563. The Hall–Kier alpha value is -2.38. The molecule has 0 atom stereocenters. The van der Waals surface area contributed by atoms with E-state index in [1.165, 1.54) is 42.8 Å². The van der Waals surface area contributed by atoms with Gasteiger partial charge in [-0.1, -0.05) is 30.7 Å². The first kappa shape index (κ1) is 20.9. The van der Waals surface area contributed by atoms with E-state index in [1.807, 2.05) is 24.3 Å². The van der Waals surface area contributed by atoms with E-state index in [1.54, 1.807) is 12.1 Å². The average Bonchev–Trinajstić information content (AvgIpc) is 3.56. The molecule has 0 bridgehead atoms. The Morgan fingerprint density at radius 1 is 1.03 bits per heavy atom. The van der Waals surface area contributed by atoms with E-state index in [0.29, 0.717) is 5.92 Å². The summed E-state index contributed by atoms with van der Waals surface area (Å²) in [7, 11) is -2.60. The summed E-state index contributed by atoms with van der Waals surface area (Å²) >= 11 is 0. The molecular weight excluding hydrogens is 402 g/mol. The van der Waals surface area contributed by atoms with Crippen molar-refractivity contribution in [3.63, 3.8) is 0 Å². The maximum absolute atomic E-state index is 13.4. The predicted molar refractivity (Wildman–Crippen MR) is 113 cm³/mol. The van der Waals surface area contributed by atoms with Gasteiger partial charge in [0.05, 0.1) is 24.2 Å². The van der Waals surface area contributed by atoms with Crippen molar-refractivity contribution in [1.29, 1.82) is 0 Å². The molecule has 30 heavy (non-hydrogen) atoms. The van der Waals surface area contributed by atoms with E-state index >= 15 is 0 Å². The van der Waals surface area contributed by atoms with Gasteiger partial charge >= 0.3 is 5.97 Å². The largest absolute Gasteiger partial charge is 0.493 e. The van der Waals surface area contributed by atoms with Crippen LogP contribution in [-0.4, -0.2) is 38.5 Å². The highest BCUT2D eigenvalue weighted by molar-refractivity contribution is 7.89. The molecular formula is C23H27NO5S. The molecule has 4 rings (SSSR count). The van der Waals surface area contributed by atoms with Crippen LogP contribution in [0, 0.1) is 5.92 Å².